The number of carboxylic acids is 1. The SMILES string of the molecule is O=C(O)c1cc(F)c(F)cc1-c1nn2cnnc2s1. The molecule has 0 saturated heterocycles. The van der Waals surface area contributed by atoms with Crippen LogP contribution in [0, 0.1) is 11.6 Å². The van der Waals surface area contributed by atoms with Gasteiger partial charge in [-0.25, -0.2) is 13.6 Å². The number of halogens is 2. The van der Waals surface area contributed by atoms with Gasteiger partial charge in [0.2, 0.25) is 4.96 Å². The molecular formula is C10H4F2N4O2S. The van der Waals surface area contributed by atoms with Crippen LogP contribution in [0.15, 0.2) is 18.5 Å². The van der Waals surface area contributed by atoms with E-state index in [1.54, 1.807) is 0 Å². The summed E-state index contributed by atoms with van der Waals surface area (Å²) in [7, 11) is 0. The van der Waals surface area contributed by atoms with Gasteiger partial charge >= 0.3 is 5.97 Å². The molecule has 0 aliphatic carbocycles. The number of nitrogens with zero attached hydrogens (tertiary/aromatic N) is 4. The summed E-state index contributed by atoms with van der Waals surface area (Å²) in [4.78, 5) is 11.5. The first kappa shape index (κ1) is 11.7. The molecule has 1 aromatic carbocycles. The van der Waals surface area contributed by atoms with Gasteiger partial charge in [0.25, 0.3) is 0 Å². The maximum Gasteiger partial charge on any atom is 0.336 e. The maximum absolute atomic E-state index is 13.3. The van der Waals surface area contributed by atoms with Crippen LogP contribution in [0.25, 0.3) is 15.5 Å². The van der Waals surface area contributed by atoms with Gasteiger partial charge in [0.05, 0.1) is 5.56 Å². The minimum Gasteiger partial charge on any atom is -0.478 e. The summed E-state index contributed by atoms with van der Waals surface area (Å²) in [5.74, 6) is -3.71. The van der Waals surface area contributed by atoms with Gasteiger partial charge in [0.1, 0.15) is 11.3 Å². The smallest absolute Gasteiger partial charge is 0.336 e. The van der Waals surface area contributed by atoms with Gasteiger partial charge < -0.3 is 5.11 Å². The summed E-state index contributed by atoms with van der Waals surface area (Å²) in [5.41, 5.74) is -0.356. The minimum absolute atomic E-state index is 0.00176. The van der Waals surface area contributed by atoms with Crippen molar-refractivity contribution < 1.29 is 18.7 Å². The second kappa shape index (κ2) is 4.05. The van der Waals surface area contributed by atoms with Crippen molar-refractivity contribution in [3.05, 3.63) is 35.7 Å². The van der Waals surface area contributed by atoms with Crippen molar-refractivity contribution in [1.29, 1.82) is 0 Å². The zero-order valence-corrected chi connectivity index (χ0v) is 9.86. The van der Waals surface area contributed by atoms with E-state index >= 15 is 0 Å². The molecule has 2 heterocycles. The van der Waals surface area contributed by atoms with E-state index < -0.39 is 17.6 Å². The Morgan fingerprint density at radius 3 is 2.74 bits per heavy atom. The molecule has 0 amide bonds. The van der Waals surface area contributed by atoms with Crippen LogP contribution in [0.5, 0.6) is 0 Å². The Labute approximate surface area is 107 Å². The predicted octanol–water partition coefficient (Wildman–Crippen LogP) is 1.83. The van der Waals surface area contributed by atoms with Gasteiger partial charge in [-0.2, -0.15) is 9.61 Å². The third-order valence-electron chi connectivity index (χ3n) is 2.41. The molecule has 0 saturated carbocycles. The Kier molecular flexibility index (Phi) is 2.49. The molecule has 1 N–H and O–H groups in total. The van der Waals surface area contributed by atoms with Crippen LogP contribution in [-0.2, 0) is 0 Å². The zero-order valence-electron chi connectivity index (χ0n) is 9.04. The molecule has 6 nitrogen and oxygen atoms in total. The summed E-state index contributed by atoms with van der Waals surface area (Å²) < 4.78 is 27.7. The average molecular weight is 282 g/mol. The molecule has 0 aliphatic heterocycles. The van der Waals surface area contributed by atoms with Gasteiger partial charge in [-0.05, 0) is 12.1 Å². The fraction of sp³-hybridized carbons (Fsp3) is 0. The van der Waals surface area contributed by atoms with Crippen molar-refractivity contribution in [2.45, 2.75) is 0 Å². The lowest BCUT2D eigenvalue weighted by Gasteiger charge is -2.03. The van der Waals surface area contributed by atoms with Gasteiger partial charge in [-0.15, -0.1) is 10.2 Å². The number of aromatic carboxylic acids is 1. The molecule has 0 fully saturated rings. The Hall–Kier alpha value is -2.42. The van der Waals surface area contributed by atoms with E-state index in [1.165, 1.54) is 10.8 Å². The molecule has 0 unspecified atom stereocenters. The Balaban J connectivity index is 2.26. The summed E-state index contributed by atoms with van der Waals surface area (Å²) >= 11 is 1.03. The third-order valence-corrected chi connectivity index (χ3v) is 3.35. The quantitative estimate of drug-likeness (QED) is 0.775. The highest BCUT2D eigenvalue weighted by Crippen LogP contribution is 2.29. The fourth-order valence-electron chi connectivity index (χ4n) is 1.57. The number of aromatic nitrogens is 4. The van der Waals surface area contributed by atoms with E-state index in [4.69, 9.17) is 5.11 Å². The summed E-state index contributed by atoms with van der Waals surface area (Å²) in [6.45, 7) is 0. The van der Waals surface area contributed by atoms with E-state index in [-0.39, 0.29) is 16.1 Å². The van der Waals surface area contributed by atoms with E-state index in [9.17, 15) is 13.6 Å². The third kappa shape index (κ3) is 1.83. The normalized spacial score (nSPS) is 11.1. The Morgan fingerprint density at radius 1 is 1.32 bits per heavy atom. The first-order valence-corrected chi connectivity index (χ1v) is 5.77. The van der Waals surface area contributed by atoms with Crippen LogP contribution >= 0.6 is 11.3 Å². The van der Waals surface area contributed by atoms with E-state index in [0.29, 0.717) is 11.0 Å². The molecule has 2 aromatic heterocycles. The topological polar surface area (TPSA) is 80.4 Å². The Bertz CT molecular complexity index is 770. The van der Waals surface area contributed by atoms with E-state index in [2.05, 4.69) is 15.3 Å². The second-order valence-corrected chi connectivity index (χ2v) is 4.54. The maximum atomic E-state index is 13.3. The largest absolute Gasteiger partial charge is 0.478 e. The summed E-state index contributed by atoms with van der Waals surface area (Å²) in [5, 5.41) is 20.6. The van der Waals surface area contributed by atoms with Gasteiger partial charge in [0.15, 0.2) is 11.6 Å². The molecule has 0 bridgehead atoms. The van der Waals surface area contributed by atoms with Crippen molar-refractivity contribution in [1.82, 2.24) is 19.8 Å². The Morgan fingerprint density at radius 2 is 2.05 bits per heavy atom. The van der Waals surface area contributed by atoms with E-state index in [0.717, 1.165) is 17.4 Å². The number of carboxylic acid groups (broad SMARTS) is 1. The monoisotopic (exact) mass is 282 g/mol. The van der Waals surface area contributed by atoms with Crippen molar-refractivity contribution in [2.24, 2.45) is 0 Å². The first-order valence-electron chi connectivity index (χ1n) is 4.96. The molecule has 3 aromatic rings. The highest BCUT2D eigenvalue weighted by molar-refractivity contribution is 7.19. The number of benzene rings is 1. The van der Waals surface area contributed by atoms with Gasteiger partial charge in [0, 0.05) is 5.56 Å². The number of hydrogen-bond acceptors (Lipinski definition) is 5. The summed E-state index contributed by atoms with van der Waals surface area (Å²) in [6.07, 6.45) is 1.33. The van der Waals surface area contributed by atoms with Crippen LogP contribution in [0.3, 0.4) is 0 Å². The molecule has 96 valence electrons. The first-order chi connectivity index (χ1) is 9.06. The second-order valence-electron chi connectivity index (χ2n) is 3.58. The standard InChI is InChI=1S/C10H4F2N4O2S/c11-6-1-4(5(9(17)18)2-7(6)12)8-15-16-3-13-14-10(16)19-8/h1-3H,(H,17,18). The molecule has 19 heavy (non-hydrogen) atoms. The van der Waals surface area contributed by atoms with Crippen molar-refractivity contribution in [3.63, 3.8) is 0 Å². The molecule has 0 atom stereocenters. The number of fused-ring (bicyclic) bond motifs is 1. The zero-order chi connectivity index (χ0) is 13.6. The van der Waals surface area contributed by atoms with E-state index in [1.807, 2.05) is 0 Å². The van der Waals surface area contributed by atoms with Crippen molar-refractivity contribution in [2.75, 3.05) is 0 Å². The van der Waals surface area contributed by atoms with Crippen LogP contribution in [0.2, 0.25) is 0 Å². The van der Waals surface area contributed by atoms with Crippen LogP contribution in [0.4, 0.5) is 8.78 Å². The highest BCUT2D eigenvalue weighted by atomic mass is 32.1. The lowest BCUT2D eigenvalue weighted by atomic mass is 10.1. The molecule has 0 radical (unpaired) electrons. The number of hydrogen-bond donors (Lipinski definition) is 1. The molecular weight excluding hydrogens is 278 g/mol. The van der Waals surface area contributed by atoms with Crippen molar-refractivity contribution >= 4 is 22.3 Å². The predicted molar refractivity (Wildman–Crippen MR) is 61.0 cm³/mol. The molecule has 3 rings (SSSR count). The number of carbonyl (C=O) groups is 1. The average Bonchev–Trinajstić information content (AvgIpc) is 2.92. The van der Waals surface area contributed by atoms with Crippen LogP contribution in [0.1, 0.15) is 10.4 Å². The lowest BCUT2D eigenvalue weighted by Crippen LogP contribution is -2.02. The summed E-state index contributed by atoms with van der Waals surface area (Å²) in [6, 6.07) is 1.44. The highest BCUT2D eigenvalue weighted by Gasteiger charge is 2.19. The van der Waals surface area contributed by atoms with Crippen LogP contribution in [-0.4, -0.2) is 30.9 Å². The molecule has 0 aliphatic rings. The van der Waals surface area contributed by atoms with Gasteiger partial charge in [-0.3, -0.25) is 0 Å². The molecule has 0 spiro atoms. The lowest BCUT2D eigenvalue weighted by molar-refractivity contribution is 0.0697. The fourth-order valence-corrected chi connectivity index (χ4v) is 2.42. The molecule has 9 heteroatoms. The van der Waals surface area contributed by atoms with Crippen LogP contribution < -0.4 is 0 Å². The number of rotatable bonds is 2. The minimum atomic E-state index is -1.36. The van der Waals surface area contributed by atoms with Gasteiger partial charge in [-0.1, -0.05) is 11.3 Å². The van der Waals surface area contributed by atoms with Crippen molar-refractivity contribution in [3.8, 4) is 10.6 Å².